The fourth-order valence-corrected chi connectivity index (χ4v) is 2.65. The Morgan fingerprint density at radius 1 is 0.719 bits per heavy atom. The SMILES string of the molecule is C#CCn1c(=O)c(N=O)c(N)n(CC)c1=O.C#CCn1c(=O)c(N=O)c(N)n(CC)c1=O. The molecule has 0 bridgehead atoms. The molecule has 0 spiro atoms. The van der Waals surface area contributed by atoms with Crippen LogP contribution in [0, 0.1) is 34.5 Å². The fraction of sp³-hybridized carbons (Fsp3) is 0.333. The average Bonchev–Trinajstić information content (AvgIpc) is 2.76. The van der Waals surface area contributed by atoms with E-state index in [1.165, 1.54) is 0 Å². The third kappa shape index (κ3) is 4.54. The number of nitrogens with zero attached hydrogens (tertiary/aromatic N) is 6. The molecule has 0 radical (unpaired) electrons. The summed E-state index contributed by atoms with van der Waals surface area (Å²) in [5.74, 6) is 3.83. The van der Waals surface area contributed by atoms with Crippen LogP contribution in [-0.2, 0) is 26.2 Å². The molecule has 0 fully saturated rings. The normalized spacial score (nSPS) is 9.75. The lowest BCUT2D eigenvalue weighted by molar-refractivity contribution is 0.620. The van der Waals surface area contributed by atoms with Crippen molar-refractivity contribution in [2.45, 2.75) is 40.0 Å². The van der Waals surface area contributed by atoms with Crippen molar-refractivity contribution in [2.24, 2.45) is 10.4 Å². The lowest BCUT2D eigenvalue weighted by Gasteiger charge is -2.10. The number of aromatic nitrogens is 4. The maximum absolute atomic E-state index is 11.7. The second-order valence-electron chi connectivity index (χ2n) is 5.89. The highest BCUT2D eigenvalue weighted by Crippen LogP contribution is 2.14. The summed E-state index contributed by atoms with van der Waals surface area (Å²) in [7, 11) is 0. The lowest BCUT2D eigenvalue weighted by atomic mass is 10.4. The molecule has 2 aromatic rings. The number of terminal acetylenes is 2. The Kier molecular flexibility index (Phi) is 8.61. The largest absolute Gasteiger partial charge is 0.383 e. The van der Waals surface area contributed by atoms with Crippen molar-refractivity contribution >= 4 is 23.0 Å². The van der Waals surface area contributed by atoms with E-state index in [1.807, 2.05) is 0 Å². The Hall–Kier alpha value is -4.72. The van der Waals surface area contributed by atoms with Crippen LogP contribution in [-0.4, -0.2) is 18.3 Å². The first-order chi connectivity index (χ1) is 15.2. The minimum absolute atomic E-state index is 0.220. The summed E-state index contributed by atoms with van der Waals surface area (Å²) in [4.78, 5) is 67.5. The number of hydrogen-bond acceptors (Lipinski definition) is 10. The Morgan fingerprint density at radius 3 is 1.25 bits per heavy atom. The van der Waals surface area contributed by atoms with E-state index >= 15 is 0 Å². The van der Waals surface area contributed by atoms with Crippen LogP contribution in [0.25, 0.3) is 0 Å². The van der Waals surface area contributed by atoms with Gasteiger partial charge in [-0.3, -0.25) is 18.7 Å². The second kappa shape index (κ2) is 10.9. The molecule has 0 aromatic carbocycles. The summed E-state index contributed by atoms with van der Waals surface area (Å²) < 4.78 is 3.62. The predicted octanol–water partition coefficient (Wildman–Crippen LogP) is -0.714. The first-order valence-corrected chi connectivity index (χ1v) is 8.96. The molecule has 2 aromatic heterocycles. The van der Waals surface area contributed by atoms with Crippen molar-refractivity contribution in [2.75, 3.05) is 11.5 Å². The maximum Gasteiger partial charge on any atom is 0.333 e. The Bertz CT molecular complexity index is 1260. The van der Waals surface area contributed by atoms with Gasteiger partial charge in [0.25, 0.3) is 11.1 Å². The Labute approximate surface area is 180 Å². The van der Waals surface area contributed by atoms with E-state index in [2.05, 4.69) is 22.2 Å². The van der Waals surface area contributed by atoms with Crippen LogP contribution in [0.3, 0.4) is 0 Å². The van der Waals surface area contributed by atoms with Gasteiger partial charge < -0.3 is 11.5 Å². The van der Waals surface area contributed by atoms with Crippen LogP contribution in [0.2, 0.25) is 0 Å². The lowest BCUT2D eigenvalue weighted by Crippen LogP contribution is -2.40. The molecule has 168 valence electrons. The average molecular weight is 444 g/mol. The van der Waals surface area contributed by atoms with Crippen molar-refractivity contribution in [1.29, 1.82) is 0 Å². The molecular weight excluding hydrogens is 424 g/mol. The zero-order chi connectivity index (χ0) is 24.6. The molecule has 0 unspecified atom stereocenters. The molecule has 0 aliphatic rings. The van der Waals surface area contributed by atoms with Gasteiger partial charge in [0.05, 0.1) is 13.1 Å². The van der Waals surface area contributed by atoms with Crippen LogP contribution in [0.5, 0.6) is 0 Å². The first kappa shape index (κ1) is 25.3. The number of rotatable bonds is 6. The standard InChI is InChI=1S/2C9H10N4O3/c2*1-3-5-13-8(14)6(11-16)7(10)12(4-2)9(13)15/h2*1H,4-5,10H2,2H3. The number of nitrogens with two attached hydrogens (primary N) is 2. The van der Waals surface area contributed by atoms with Crippen molar-refractivity contribution in [1.82, 2.24) is 18.3 Å². The van der Waals surface area contributed by atoms with Crippen molar-refractivity contribution < 1.29 is 0 Å². The van der Waals surface area contributed by atoms with E-state index in [0.29, 0.717) is 0 Å². The van der Waals surface area contributed by atoms with Crippen LogP contribution in [0.4, 0.5) is 23.0 Å². The quantitative estimate of drug-likeness (QED) is 0.429. The summed E-state index contributed by atoms with van der Waals surface area (Å²) in [6, 6.07) is 0. The zero-order valence-electron chi connectivity index (χ0n) is 17.3. The van der Waals surface area contributed by atoms with Gasteiger partial charge in [-0.2, -0.15) is 0 Å². The summed E-state index contributed by atoms with van der Waals surface area (Å²) in [5.41, 5.74) is 6.96. The van der Waals surface area contributed by atoms with E-state index in [4.69, 9.17) is 24.3 Å². The molecule has 14 nitrogen and oxygen atoms in total. The van der Waals surface area contributed by atoms with Crippen LogP contribution >= 0.6 is 0 Å². The summed E-state index contributed by atoms with van der Waals surface area (Å²) >= 11 is 0. The van der Waals surface area contributed by atoms with Gasteiger partial charge >= 0.3 is 11.4 Å². The van der Waals surface area contributed by atoms with Gasteiger partial charge in [0.1, 0.15) is 11.6 Å². The monoisotopic (exact) mass is 444 g/mol. The second-order valence-corrected chi connectivity index (χ2v) is 5.89. The highest BCUT2D eigenvalue weighted by Gasteiger charge is 2.17. The minimum Gasteiger partial charge on any atom is -0.383 e. The number of anilines is 2. The molecule has 2 heterocycles. The molecule has 0 saturated carbocycles. The van der Waals surface area contributed by atoms with E-state index in [-0.39, 0.29) is 37.8 Å². The smallest absolute Gasteiger partial charge is 0.333 e. The molecule has 0 aliphatic carbocycles. The zero-order valence-corrected chi connectivity index (χ0v) is 17.3. The van der Waals surface area contributed by atoms with Gasteiger partial charge in [0.2, 0.25) is 11.4 Å². The number of nitroso groups, excluding NO2 is 2. The van der Waals surface area contributed by atoms with Crippen molar-refractivity contribution in [3.63, 3.8) is 0 Å². The predicted molar refractivity (Wildman–Crippen MR) is 119 cm³/mol. The van der Waals surface area contributed by atoms with Crippen LogP contribution in [0.15, 0.2) is 29.5 Å². The van der Waals surface area contributed by atoms with Crippen LogP contribution < -0.4 is 34.0 Å². The molecule has 32 heavy (non-hydrogen) atoms. The van der Waals surface area contributed by atoms with Gasteiger partial charge in [-0.1, -0.05) is 11.8 Å². The van der Waals surface area contributed by atoms with Crippen molar-refractivity contribution in [3.05, 3.63) is 51.5 Å². The Balaban J connectivity index is 0.000000320. The summed E-state index contributed by atoms with van der Waals surface area (Å²) in [5, 5.41) is 5.05. The van der Waals surface area contributed by atoms with Crippen molar-refractivity contribution in [3.8, 4) is 24.7 Å². The molecule has 0 saturated heterocycles. The topological polar surface area (TPSA) is 199 Å². The highest BCUT2D eigenvalue weighted by molar-refractivity contribution is 5.56. The number of hydrogen-bond donors (Lipinski definition) is 2. The molecule has 2 rings (SSSR count). The maximum atomic E-state index is 11.7. The molecule has 0 amide bonds. The Morgan fingerprint density at radius 2 is 1.03 bits per heavy atom. The summed E-state index contributed by atoms with van der Waals surface area (Å²) in [6.45, 7) is 3.30. The van der Waals surface area contributed by atoms with Gasteiger partial charge in [-0.25, -0.2) is 18.7 Å². The third-order valence-corrected chi connectivity index (χ3v) is 4.20. The van der Waals surface area contributed by atoms with E-state index in [1.54, 1.807) is 13.8 Å². The molecular formula is C18H20N8O6. The molecule has 0 aliphatic heterocycles. The minimum atomic E-state index is -0.861. The molecule has 14 heteroatoms. The van der Waals surface area contributed by atoms with Gasteiger partial charge in [-0.05, 0) is 24.2 Å². The van der Waals surface area contributed by atoms with E-state index < -0.39 is 33.9 Å². The fourth-order valence-electron chi connectivity index (χ4n) is 2.65. The summed E-state index contributed by atoms with van der Waals surface area (Å²) in [6.07, 6.45) is 10.0. The molecule has 4 N–H and O–H groups in total. The van der Waals surface area contributed by atoms with E-state index in [9.17, 15) is 29.0 Å². The van der Waals surface area contributed by atoms with Gasteiger partial charge in [0, 0.05) is 13.1 Å². The van der Waals surface area contributed by atoms with Gasteiger partial charge in [-0.15, -0.1) is 22.7 Å². The van der Waals surface area contributed by atoms with E-state index in [0.717, 1.165) is 18.3 Å². The first-order valence-electron chi connectivity index (χ1n) is 8.96. The molecule has 0 atom stereocenters. The number of nitrogen functional groups attached to an aromatic ring is 2. The highest BCUT2D eigenvalue weighted by atomic mass is 16.3. The van der Waals surface area contributed by atoms with Gasteiger partial charge in [0.15, 0.2) is 0 Å². The third-order valence-electron chi connectivity index (χ3n) is 4.20. The van der Waals surface area contributed by atoms with Crippen LogP contribution in [0.1, 0.15) is 13.8 Å².